The summed E-state index contributed by atoms with van der Waals surface area (Å²) < 4.78 is 9.68. The Labute approximate surface area is 133 Å². The number of hydrogen-bond acceptors (Lipinski definition) is 1. The van der Waals surface area contributed by atoms with Crippen molar-refractivity contribution in [2.24, 2.45) is 0 Å². The fourth-order valence-electron chi connectivity index (χ4n) is 1.22. The number of halogens is 4. The van der Waals surface area contributed by atoms with Crippen molar-refractivity contribution < 1.29 is 4.74 Å². The summed E-state index contributed by atoms with van der Waals surface area (Å²) in [5, 5.41) is 0. The Morgan fingerprint density at radius 3 is 1.35 bits per heavy atom. The summed E-state index contributed by atoms with van der Waals surface area (Å²) in [6.45, 7) is 0. The maximum absolute atomic E-state index is 5.75. The molecule has 5 heteroatoms. The Hall–Kier alpha value is 0.160. The van der Waals surface area contributed by atoms with E-state index in [1.807, 2.05) is 36.4 Å². The molecule has 0 amide bonds. The zero-order chi connectivity index (χ0) is 12.4. The highest BCUT2D eigenvalue weighted by Gasteiger charge is 2.03. The largest absolute Gasteiger partial charge is 0.457 e. The normalized spacial score (nSPS) is 10.4. The van der Waals surface area contributed by atoms with E-state index in [2.05, 4.69) is 63.7 Å². The van der Waals surface area contributed by atoms with Crippen LogP contribution in [0, 0.1) is 0 Å². The third-order valence-corrected chi connectivity index (χ3v) is 5.78. The highest BCUT2D eigenvalue weighted by Crippen LogP contribution is 2.32. The Morgan fingerprint density at radius 2 is 1.00 bits per heavy atom. The summed E-state index contributed by atoms with van der Waals surface area (Å²) in [7, 11) is 0. The van der Waals surface area contributed by atoms with E-state index in [4.69, 9.17) is 4.74 Å². The SMILES string of the molecule is Brc1ccc(Oc2ccc(Br)c(Br)c2)cc1Br. The van der Waals surface area contributed by atoms with Crippen molar-refractivity contribution in [2.45, 2.75) is 0 Å². The van der Waals surface area contributed by atoms with Gasteiger partial charge in [0.15, 0.2) is 0 Å². The van der Waals surface area contributed by atoms with Gasteiger partial charge in [0, 0.05) is 17.9 Å². The highest BCUT2D eigenvalue weighted by atomic mass is 79.9. The predicted molar refractivity (Wildman–Crippen MR) is 83.8 cm³/mol. The van der Waals surface area contributed by atoms with Crippen molar-refractivity contribution in [3.05, 3.63) is 54.3 Å². The van der Waals surface area contributed by atoms with Gasteiger partial charge in [-0.25, -0.2) is 0 Å². The molecule has 88 valence electrons. The number of rotatable bonds is 2. The average molecular weight is 486 g/mol. The van der Waals surface area contributed by atoms with Crippen LogP contribution in [0.1, 0.15) is 0 Å². The second-order valence-electron chi connectivity index (χ2n) is 3.25. The summed E-state index contributed by atoms with van der Waals surface area (Å²) in [4.78, 5) is 0. The fourth-order valence-corrected chi connectivity index (χ4v) is 2.43. The second-order valence-corrected chi connectivity index (χ2v) is 6.67. The molecular formula is C12H6Br4O. The van der Waals surface area contributed by atoms with E-state index >= 15 is 0 Å². The predicted octanol–water partition coefficient (Wildman–Crippen LogP) is 6.53. The average Bonchev–Trinajstić information content (AvgIpc) is 2.29. The number of ether oxygens (including phenoxy) is 1. The Kier molecular flexibility index (Phi) is 4.69. The van der Waals surface area contributed by atoms with Gasteiger partial charge in [0.1, 0.15) is 11.5 Å². The van der Waals surface area contributed by atoms with Crippen molar-refractivity contribution in [1.82, 2.24) is 0 Å². The topological polar surface area (TPSA) is 9.23 Å². The standard InChI is InChI=1S/C12H6Br4O/c13-9-3-1-7(5-11(9)15)17-8-2-4-10(14)12(16)6-8/h1-6H. The first kappa shape index (κ1) is 13.6. The Morgan fingerprint density at radius 1 is 0.588 bits per heavy atom. The molecule has 0 bridgehead atoms. The van der Waals surface area contributed by atoms with Crippen LogP contribution in [0.4, 0.5) is 0 Å². The van der Waals surface area contributed by atoms with E-state index in [1.165, 1.54) is 0 Å². The molecule has 0 radical (unpaired) electrons. The monoisotopic (exact) mass is 482 g/mol. The van der Waals surface area contributed by atoms with Crippen molar-refractivity contribution >= 4 is 63.7 Å². The number of benzene rings is 2. The van der Waals surface area contributed by atoms with E-state index in [1.54, 1.807) is 0 Å². The zero-order valence-electron chi connectivity index (χ0n) is 8.38. The van der Waals surface area contributed by atoms with Crippen LogP contribution in [-0.4, -0.2) is 0 Å². The molecule has 1 nitrogen and oxygen atoms in total. The van der Waals surface area contributed by atoms with Crippen LogP contribution in [0.15, 0.2) is 54.3 Å². The van der Waals surface area contributed by atoms with Crippen LogP contribution in [0.3, 0.4) is 0 Å². The first-order chi connectivity index (χ1) is 8.06. The minimum absolute atomic E-state index is 0.786. The summed E-state index contributed by atoms with van der Waals surface area (Å²) in [6.07, 6.45) is 0. The van der Waals surface area contributed by atoms with E-state index in [0.29, 0.717) is 0 Å². The van der Waals surface area contributed by atoms with E-state index in [9.17, 15) is 0 Å². The molecule has 0 fully saturated rings. The minimum atomic E-state index is 0.786. The molecule has 2 rings (SSSR count). The fraction of sp³-hybridized carbons (Fsp3) is 0. The van der Waals surface area contributed by atoms with Gasteiger partial charge in [0.25, 0.3) is 0 Å². The van der Waals surface area contributed by atoms with Crippen LogP contribution in [0.25, 0.3) is 0 Å². The van der Waals surface area contributed by atoms with Crippen molar-refractivity contribution in [3.63, 3.8) is 0 Å². The van der Waals surface area contributed by atoms with Crippen LogP contribution in [0.5, 0.6) is 11.5 Å². The van der Waals surface area contributed by atoms with Gasteiger partial charge in [-0.2, -0.15) is 0 Å². The van der Waals surface area contributed by atoms with E-state index in [-0.39, 0.29) is 0 Å². The lowest BCUT2D eigenvalue weighted by Gasteiger charge is -2.07. The molecule has 0 saturated heterocycles. The third kappa shape index (κ3) is 3.56. The second kappa shape index (κ2) is 5.87. The molecule has 0 aromatic heterocycles. The molecular weight excluding hydrogens is 480 g/mol. The third-order valence-electron chi connectivity index (χ3n) is 2.02. The lowest BCUT2D eigenvalue weighted by atomic mass is 10.3. The summed E-state index contributed by atoms with van der Waals surface area (Å²) >= 11 is 13.7. The molecule has 0 N–H and O–H groups in total. The summed E-state index contributed by atoms with van der Waals surface area (Å²) in [5.41, 5.74) is 0. The van der Waals surface area contributed by atoms with Gasteiger partial charge >= 0.3 is 0 Å². The van der Waals surface area contributed by atoms with Gasteiger partial charge in [0.05, 0.1) is 0 Å². The molecule has 0 aliphatic heterocycles. The van der Waals surface area contributed by atoms with Crippen molar-refractivity contribution in [3.8, 4) is 11.5 Å². The highest BCUT2D eigenvalue weighted by molar-refractivity contribution is 9.13. The summed E-state index contributed by atoms with van der Waals surface area (Å²) in [5.74, 6) is 1.57. The maximum atomic E-state index is 5.75. The van der Waals surface area contributed by atoms with Crippen molar-refractivity contribution in [1.29, 1.82) is 0 Å². The molecule has 0 aliphatic rings. The summed E-state index contributed by atoms with van der Waals surface area (Å²) in [6, 6.07) is 11.5. The molecule has 0 atom stereocenters. The van der Waals surface area contributed by atoms with Crippen LogP contribution in [-0.2, 0) is 0 Å². The first-order valence-electron chi connectivity index (χ1n) is 4.64. The first-order valence-corrected chi connectivity index (χ1v) is 7.81. The molecule has 0 aliphatic carbocycles. The lowest BCUT2D eigenvalue weighted by Crippen LogP contribution is -1.84. The van der Waals surface area contributed by atoms with E-state index < -0.39 is 0 Å². The van der Waals surface area contributed by atoms with Gasteiger partial charge in [-0.3, -0.25) is 0 Å². The molecule has 0 saturated carbocycles. The van der Waals surface area contributed by atoms with E-state index in [0.717, 1.165) is 29.4 Å². The molecule has 0 unspecified atom stereocenters. The Balaban J connectivity index is 2.25. The minimum Gasteiger partial charge on any atom is -0.457 e. The smallest absolute Gasteiger partial charge is 0.128 e. The zero-order valence-corrected chi connectivity index (χ0v) is 14.7. The molecule has 0 heterocycles. The van der Waals surface area contributed by atoms with Crippen LogP contribution >= 0.6 is 63.7 Å². The maximum Gasteiger partial charge on any atom is 0.128 e. The van der Waals surface area contributed by atoms with Crippen molar-refractivity contribution in [2.75, 3.05) is 0 Å². The van der Waals surface area contributed by atoms with Gasteiger partial charge in [0.2, 0.25) is 0 Å². The van der Waals surface area contributed by atoms with Crippen LogP contribution in [0.2, 0.25) is 0 Å². The van der Waals surface area contributed by atoms with Crippen LogP contribution < -0.4 is 4.74 Å². The van der Waals surface area contributed by atoms with Gasteiger partial charge < -0.3 is 4.74 Å². The molecule has 0 spiro atoms. The number of hydrogen-bond donors (Lipinski definition) is 0. The quantitative estimate of drug-likeness (QED) is 0.470. The van der Waals surface area contributed by atoms with Gasteiger partial charge in [-0.05, 0) is 100 Å². The lowest BCUT2D eigenvalue weighted by molar-refractivity contribution is 0.482. The molecule has 17 heavy (non-hydrogen) atoms. The molecule has 2 aromatic rings. The van der Waals surface area contributed by atoms with Gasteiger partial charge in [-0.15, -0.1) is 0 Å². The Bertz CT molecular complexity index is 505. The van der Waals surface area contributed by atoms with Gasteiger partial charge in [-0.1, -0.05) is 0 Å². The molecule has 2 aromatic carbocycles.